The second-order valence-electron chi connectivity index (χ2n) is 13.3. The van der Waals surface area contributed by atoms with E-state index in [0.29, 0.717) is 25.9 Å². The van der Waals surface area contributed by atoms with E-state index in [4.69, 9.17) is 0 Å². The maximum Gasteiger partial charge on any atom is 0.326 e. The Morgan fingerprint density at radius 1 is 0.760 bits per heavy atom. The number of carboxylic acids is 1. The molecule has 0 spiro atoms. The number of aryl methyl sites for hydroxylation is 1. The molecule has 1 amide bonds. The molecular formula is C39H47N5O5S. The number of nitrogens with zero attached hydrogens (tertiary/aromatic N) is 4. The summed E-state index contributed by atoms with van der Waals surface area (Å²) in [5.41, 5.74) is 7.19. The highest BCUT2D eigenvalue weighted by molar-refractivity contribution is 7.89. The fourth-order valence-electron chi connectivity index (χ4n) is 6.16. The molecule has 0 aliphatic carbocycles. The van der Waals surface area contributed by atoms with E-state index in [0.717, 1.165) is 39.3 Å². The number of carboxylic acid groups (broad SMARTS) is 1. The van der Waals surface area contributed by atoms with Gasteiger partial charge in [0, 0.05) is 71.3 Å². The summed E-state index contributed by atoms with van der Waals surface area (Å²) in [5.74, 6) is -1.79. The number of carbonyl (C=O) groups excluding carboxylic acids is 1. The third kappa shape index (κ3) is 8.83. The van der Waals surface area contributed by atoms with Crippen LogP contribution in [0.25, 0.3) is 0 Å². The SMILES string of the molecule is Cc1ccc(S(=O)(=O)N2CCC[C@H]2C(=O)N[C@@H](Cc2ccc(N(Cc3ccc(N(C)C)cc3)Cc3ccc(N(C)C)cc3)cc2)C(=O)O)cc1. The molecule has 264 valence electrons. The lowest BCUT2D eigenvalue weighted by molar-refractivity contribution is -0.142. The van der Waals surface area contributed by atoms with Crippen LogP contribution in [-0.4, -0.2) is 76.5 Å². The monoisotopic (exact) mass is 697 g/mol. The number of rotatable bonds is 14. The van der Waals surface area contributed by atoms with Gasteiger partial charge in [0.05, 0.1) is 4.90 Å². The summed E-state index contributed by atoms with van der Waals surface area (Å²) in [5, 5.41) is 12.7. The minimum absolute atomic E-state index is 0.0524. The molecule has 4 aromatic rings. The Morgan fingerprint density at radius 2 is 1.24 bits per heavy atom. The highest BCUT2D eigenvalue weighted by atomic mass is 32.2. The number of hydrogen-bond donors (Lipinski definition) is 2. The molecule has 0 radical (unpaired) electrons. The molecule has 2 atom stereocenters. The Balaban J connectivity index is 1.30. The van der Waals surface area contributed by atoms with E-state index in [2.05, 4.69) is 68.5 Å². The van der Waals surface area contributed by atoms with E-state index in [1.165, 1.54) is 16.4 Å². The Morgan fingerprint density at radius 3 is 1.72 bits per heavy atom. The Kier molecular flexibility index (Phi) is 11.5. The average Bonchev–Trinajstić information content (AvgIpc) is 3.60. The van der Waals surface area contributed by atoms with Gasteiger partial charge >= 0.3 is 5.97 Å². The first-order valence-corrected chi connectivity index (χ1v) is 18.2. The van der Waals surface area contributed by atoms with Crippen molar-refractivity contribution in [1.29, 1.82) is 0 Å². The lowest BCUT2D eigenvalue weighted by Gasteiger charge is -2.27. The lowest BCUT2D eigenvalue weighted by atomic mass is 10.0. The van der Waals surface area contributed by atoms with Gasteiger partial charge < -0.3 is 25.1 Å². The van der Waals surface area contributed by atoms with Crippen LogP contribution in [0.15, 0.2) is 102 Å². The second kappa shape index (κ2) is 15.8. The van der Waals surface area contributed by atoms with Gasteiger partial charge in [-0.15, -0.1) is 0 Å². The van der Waals surface area contributed by atoms with Gasteiger partial charge in [-0.1, -0.05) is 54.1 Å². The number of sulfonamides is 1. The topological polar surface area (TPSA) is 113 Å². The van der Waals surface area contributed by atoms with Gasteiger partial charge in [-0.25, -0.2) is 13.2 Å². The van der Waals surface area contributed by atoms with Crippen LogP contribution in [0.1, 0.15) is 35.1 Å². The maximum atomic E-state index is 13.4. The van der Waals surface area contributed by atoms with Crippen molar-refractivity contribution in [2.24, 2.45) is 0 Å². The van der Waals surface area contributed by atoms with Crippen LogP contribution >= 0.6 is 0 Å². The van der Waals surface area contributed by atoms with Crippen molar-refractivity contribution in [2.45, 2.75) is 56.3 Å². The quantitative estimate of drug-likeness (QED) is 0.183. The number of carbonyl (C=O) groups is 2. The predicted molar refractivity (Wildman–Crippen MR) is 199 cm³/mol. The van der Waals surface area contributed by atoms with Crippen LogP contribution < -0.4 is 20.0 Å². The highest BCUT2D eigenvalue weighted by Gasteiger charge is 2.40. The minimum atomic E-state index is -3.92. The van der Waals surface area contributed by atoms with E-state index in [-0.39, 0.29) is 17.9 Å². The molecule has 50 heavy (non-hydrogen) atoms. The van der Waals surface area contributed by atoms with Crippen LogP contribution in [0.4, 0.5) is 17.1 Å². The van der Waals surface area contributed by atoms with Crippen molar-refractivity contribution >= 4 is 39.0 Å². The Labute approximate surface area is 296 Å². The lowest BCUT2D eigenvalue weighted by Crippen LogP contribution is -2.51. The summed E-state index contributed by atoms with van der Waals surface area (Å²) in [6, 6.07) is 29.0. The van der Waals surface area contributed by atoms with Gasteiger partial charge in [-0.2, -0.15) is 4.31 Å². The summed E-state index contributed by atoms with van der Waals surface area (Å²) in [7, 11) is 4.14. The summed E-state index contributed by atoms with van der Waals surface area (Å²) < 4.78 is 28.0. The molecule has 1 heterocycles. The van der Waals surface area contributed by atoms with E-state index >= 15 is 0 Å². The molecule has 0 aromatic heterocycles. The number of hydrogen-bond acceptors (Lipinski definition) is 7. The number of benzene rings is 4. The van der Waals surface area contributed by atoms with Crippen LogP contribution in [0.2, 0.25) is 0 Å². The van der Waals surface area contributed by atoms with Gasteiger partial charge in [0.25, 0.3) is 0 Å². The third-order valence-corrected chi connectivity index (χ3v) is 11.1. The van der Waals surface area contributed by atoms with Gasteiger partial charge in [0.15, 0.2) is 0 Å². The Bertz CT molecular complexity index is 1810. The fourth-order valence-corrected chi connectivity index (χ4v) is 7.82. The van der Waals surface area contributed by atoms with Gasteiger partial charge in [-0.3, -0.25) is 4.79 Å². The third-order valence-electron chi connectivity index (χ3n) is 9.14. The van der Waals surface area contributed by atoms with E-state index in [9.17, 15) is 23.1 Å². The highest BCUT2D eigenvalue weighted by Crippen LogP contribution is 2.27. The van der Waals surface area contributed by atoms with Crippen LogP contribution in [0.5, 0.6) is 0 Å². The number of nitrogens with one attached hydrogen (secondary N) is 1. The predicted octanol–water partition coefficient (Wildman–Crippen LogP) is 5.30. The zero-order chi connectivity index (χ0) is 36.0. The zero-order valence-electron chi connectivity index (χ0n) is 29.4. The molecule has 4 aromatic carbocycles. The van der Waals surface area contributed by atoms with Crippen molar-refractivity contribution in [3.63, 3.8) is 0 Å². The molecule has 0 saturated carbocycles. The number of amides is 1. The standard InChI is InChI=1S/C39H47N5O5S/c1-28-8-22-35(23-9-28)50(48,49)44-24-6-7-37(44)38(45)40-36(39(46)47)25-29-10-20-34(21-11-29)43(26-30-12-16-32(17-13-30)41(2)3)27-31-14-18-33(19-15-31)42(4)5/h8-23,36-37H,6-7,24-27H2,1-5H3,(H,40,45)(H,46,47)/t36-,37-/m0/s1. The van der Waals surface area contributed by atoms with Crippen molar-refractivity contribution in [3.8, 4) is 0 Å². The number of anilines is 3. The number of aliphatic carboxylic acids is 1. The van der Waals surface area contributed by atoms with Crippen LogP contribution in [0.3, 0.4) is 0 Å². The van der Waals surface area contributed by atoms with Gasteiger partial charge in [-0.05, 0) is 85.0 Å². The zero-order valence-corrected chi connectivity index (χ0v) is 30.2. The molecule has 0 bridgehead atoms. The normalized spacial score (nSPS) is 15.3. The Hall–Kier alpha value is -4.87. The molecule has 2 N–H and O–H groups in total. The molecule has 1 saturated heterocycles. The van der Waals surface area contributed by atoms with Crippen molar-refractivity contribution in [3.05, 3.63) is 119 Å². The van der Waals surface area contributed by atoms with E-state index in [1.54, 1.807) is 12.1 Å². The first-order valence-electron chi connectivity index (χ1n) is 16.8. The molecular weight excluding hydrogens is 651 g/mol. The van der Waals surface area contributed by atoms with Gasteiger partial charge in [0.1, 0.15) is 12.1 Å². The molecule has 1 aliphatic rings. The van der Waals surface area contributed by atoms with Crippen molar-refractivity contribution < 1.29 is 23.1 Å². The fraction of sp³-hybridized carbons (Fsp3) is 0.333. The van der Waals surface area contributed by atoms with E-state index in [1.807, 2.05) is 59.4 Å². The van der Waals surface area contributed by atoms with E-state index < -0.39 is 34.0 Å². The molecule has 0 unspecified atom stereocenters. The summed E-state index contributed by atoms with van der Waals surface area (Å²) >= 11 is 0. The maximum absolute atomic E-state index is 13.4. The first kappa shape index (κ1) is 36.4. The molecule has 5 rings (SSSR count). The largest absolute Gasteiger partial charge is 0.480 e. The molecule has 1 aliphatic heterocycles. The minimum Gasteiger partial charge on any atom is -0.480 e. The summed E-state index contributed by atoms with van der Waals surface area (Å²) in [6.45, 7) is 3.40. The summed E-state index contributed by atoms with van der Waals surface area (Å²) in [6.07, 6.45) is 0.888. The van der Waals surface area contributed by atoms with Crippen molar-refractivity contribution in [1.82, 2.24) is 9.62 Å². The van der Waals surface area contributed by atoms with Crippen LogP contribution in [-0.2, 0) is 39.1 Å². The van der Waals surface area contributed by atoms with Gasteiger partial charge in [0.2, 0.25) is 15.9 Å². The van der Waals surface area contributed by atoms with Crippen LogP contribution in [0, 0.1) is 6.92 Å². The summed E-state index contributed by atoms with van der Waals surface area (Å²) in [4.78, 5) is 32.3. The molecule has 11 heteroatoms. The first-order chi connectivity index (χ1) is 23.8. The van der Waals surface area contributed by atoms with Crippen molar-refractivity contribution in [2.75, 3.05) is 49.4 Å². The smallest absolute Gasteiger partial charge is 0.326 e. The molecule has 1 fully saturated rings. The average molecular weight is 698 g/mol. The molecule has 10 nitrogen and oxygen atoms in total. The second-order valence-corrected chi connectivity index (χ2v) is 15.2.